The molecule has 0 aliphatic carbocycles. The zero-order valence-electron chi connectivity index (χ0n) is 15.2. The molecule has 0 saturated carbocycles. The summed E-state index contributed by atoms with van der Waals surface area (Å²) in [5.41, 5.74) is 0. The van der Waals surface area contributed by atoms with Gasteiger partial charge in [0.1, 0.15) is 12.4 Å². The molecule has 0 aromatic heterocycles. The predicted octanol–water partition coefficient (Wildman–Crippen LogP) is 2.03. The molecule has 0 spiro atoms. The molecular weight excluding hydrogens is 378 g/mol. The third-order valence-electron chi connectivity index (χ3n) is 4.42. The Kier molecular flexibility index (Phi) is 7.55. The number of nitrogens with zero attached hydrogens (tertiary/aromatic N) is 2. The molecule has 146 valence electrons. The van der Waals surface area contributed by atoms with Crippen molar-refractivity contribution in [3.05, 3.63) is 29.3 Å². The number of amides is 2. The van der Waals surface area contributed by atoms with Crippen LogP contribution in [0.1, 0.15) is 12.8 Å². The highest BCUT2D eigenvalue weighted by molar-refractivity contribution is 7.88. The molecule has 1 N–H and O–H groups in total. The van der Waals surface area contributed by atoms with Crippen LogP contribution in [0.4, 0.5) is 4.79 Å². The Morgan fingerprint density at radius 3 is 2.69 bits per heavy atom. The Balaban J connectivity index is 1.65. The van der Waals surface area contributed by atoms with Crippen LogP contribution in [0.5, 0.6) is 5.75 Å². The minimum atomic E-state index is -3.11. The summed E-state index contributed by atoms with van der Waals surface area (Å²) in [6.07, 6.45) is 2.75. The van der Waals surface area contributed by atoms with E-state index in [2.05, 4.69) is 5.32 Å². The van der Waals surface area contributed by atoms with E-state index in [1.54, 1.807) is 24.1 Å². The Morgan fingerprint density at radius 1 is 1.38 bits per heavy atom. The number of sulfonamides is 1. The first-order valence-electron chi connectivity index (χ1n) is 8.58. The van der Waals surface area contributed by atoms with Crippen molar-refractivity contribution in [1.82, 2.24) is 14.5 Å². The van der Waals surface area contributed by atoms with Crippen molar-refractivity contribution >= 4 is 27.7 Å². The number of benzene rings is 1. The second-order valence-corrected chi connectivity index (χ2v) is 8.94. The van der Waals surface area contributed by atoms with Crippen molar-refractivity contribution in [1.29, 1.82) is 0 Å². The average Bonchev–Trinajstić information content (AvgIpc) is 2.59. The van der Waals surface area contributed by atoms with E-state index in [0.717, 1.165) is 12.8 Å². The lowest BCUT2D eigenvalue weighted by Crippen LogP contribution is -2.44. The highest BCUT2D eigenvalue weighted by atomic mass is 35.5. The van der Waals surface area contributed by atoms with Gasteiger partial charge in [0.15, 0.2) is 0 Å². The number of ether oxygens (including phenoxy) is 1. The minimum Gasteiger partial charge on any atom is -0.492 e. The number of piperidine rings is 1. The monoisotopic (exact) mass is 403 g/mol. The first-order chi connectivity index (χ1) is 12.3. The van der Waals surface area contributed by atoms with Gasteiger partial charge in [0.25, 0.3) is 0 Å². The van der Waals surface area contributed by atoms with Gasteiger partial charge >= 0.3 is 6.03 Å². The van der Waals surface area contributed by atoms with E-state index in [9.17, 15) is 13.2 Å². The standard InChI is InChI=1S/C17H26ClN3O4S/c1-20(10-11-25-16-5-3-4-15(18)12-16)17(22)19-13-14-6-8-21(9-7-14)26(2,23)24/h3-5,12,14H,6-11,13H2,1-2H3,(H,19,22). The van der Waals surface area contributed by atoms with Crippen LogP contribution in [0.2, 0.25) is 5.02 Å². The lowest BCUT2D eigenvalue weighted by atomic mass is 9.98. The second kappa shape index (κ2) is 9.43. The molecule has 7 nitrogen and oxygen atoms in total. The molecule has 0 atom stereocenters. The van der Waals surface area contributed by atoms with Gasteiger partial charge in [-0.1, -0.05) is 17.7 Å². The Labute approximate surface area is 160 Å². The SMILES string of the molecule is CN(CCOc1cccc(Cl)c1)C(=O)NCC1CCN(S(C)(=O)=O)CC1. The van der Waals surface area contributed by atoms with Gasteiger partial charge < -0.3 is 15.0 Å². The van der Waals surface area contributed by atoms with Crippen LogP contribution in [0.25, 0.3) is 0 Å². The Morgan fingerprint density at radius 2 is 2.08 bits per heavy atom. The maximum atomic E-state index is 12.1. The maximum absolute atomic E-state index is 12.1. The molecule has 1 aromatic carbocycles. The fourth-order valence-corrected chi connectivity index (χ4v) is 3.82. The van der Waals surface area contributed by atoms with Crippen molar-refractivity contribution in [2.24, 2.45) is 5.92 Å². The summed E-state index contributed by atoms with van der Waals surface area (Å²) in [5, 5.41) is 3.51. The van der Waals surface area contributed by atoms with Crippen molar-refractivity contribution < 1.29 is 17.9 Å². The normalized spacial score (nSPS) is 16.3. The minimum absolute atomic E-state index is 0.162. The number of carbonyl (C=O) groups excluding carboxylic acids is 1. The highest BCUT2D eigenvalue weighted by Gasteiger charge is 2.25. The zero-order valence-corrected chi connectivity index (χ0v) is 16.7. The van der Waals surface area contributed by atoms with E-state index in [4.69, 9.17) is 16.3 Å². The molecule has 26 heavy (non-hydrogen) atoms. The van der Waals surface area contributed by atoms with Crippen molar-refractivity contribution in [2.45, 2.75) is 12.8 Å². The fraction of sp³-hybridized carbons (Fsp3) is 0.588. The molecule has 0 bridgehead atoms. The van der Waals surface area contributed by atoms with E-state index in [0.29, 0.717) is 49.5 Å². The molecule has 1 saturated heterocycles. The van der Waals surface area contributed by atoms with Gasteiger partial charge in [0.2, 0.25) is 10.0 Å². The number of rotatable bonds is 7. The van der Waals surface area contributed by atoms with Crippen LogP contribution < -0.4 is 10.1 Å². The van der Waals surface area contributed by atoms with Crippen molar-refractivity contribution in [3.63, 3.8) is 0 Å². The molecule has 9 heteroatoms. The summed E-state index contributed by atoms with van der Waals surface area (Å²) in [4.78, 5) is 13.7. The van der Waals surface area contributed by atoms with Gasteiger partial charge in [-0.25, -0.2) is 17.5 Å². The fourth-order valence-electron chi connectivity index (χ4n) is 2.77. The molecule has 1 aliphatic heterocycles. The van der Waals surface area contributed by atoms with E-state index < -0.39 is 10.0 Å². The summed E-state index contributed by atoms with van der Waals surface area (Å²) < 4.78 is 30.1. The summed E-state index contributed by atoms with van der Waals surface area (Å²) in [7, 11) is -1.40. The molecule has 1 aromatic rings. The van der Waals surface area contributed by atoms with Crippen molar-refractivity contribution in [3.8, 4) is 5.75 Å². The predicted molar refractivity (Wildman–Crippen MR) is 102 cm³/mol. The summed E-state index contributed by atoms with van der Waals surface area (Å²) in [6, 6.07) is 6.96. The lowest BCUT2D eigenvalue weighted by molar-refractivity contribution is 0.190. The molecular formula is C17H26ClN3O4S. The Hall–Kier alpha value is -1.51. The van der Waals surface area contributed by atoms with Gasteiger partial charge in [-0.05, 0) is 37.0 Å². The third kappa shape index (κ3) is 6.66. The van der Waals surface area contributed by atoms with E-state index in [-0.39, 0.29) is 6.03 Å². The topological polar surface area (TPSA) is 79.0 Å². The third-order valence-corrected chi connectivity index (χ3v) is 5.96. The first kappa shape index (κ1) is 20.8. The van der Waals surface area contributed by atoms with Gasteiger partial charge in [-0.15, -0.1) is 0 Å². The smallest absolute Gasteiger partial charge is 0.317 e. The highest BCUT2D eigenvalue weighted by Crippen LogP contribution is 2.18. The zero-order chi connectivity index (χ0) is 19.2. The van der Waals surface area contributed by atoms with Crippen LogP contribution in [-0.2, 0) is 10.0 Å². The largest absolute Gasteiger partial charge is 0.492 e. The van der Waals surface area contributed by atoms with Crippen LogP contribution in [-0.4, -0.2) is 69.7 Å². The summed E-state index contributed by atoms with van der Waals surface area (Å²) in [6.45, 7) is 2.41. The number of nitrogens with one attached hydrogen (secondary N) is 1. The number of hydrogen-bond donors (Lipinski definition) is 1. The number of carbonyl (C=O) groups is 1. The van der Waals surface area contributed by atoms with Gasteiger partial charge in [0, 0.05) is 31.7 Å². The number of halogens is 1. The summed E-state index contributed by atoms with van der Waals surface area (Å²) >= 11 is 5.89. The van der Waals surface area contributed by atoms with Gasteiger partial charge in [0.05, 0.1) is 12.8 Å². The van der Waals surface area contributed by atoms with Crippen LogP contribution in [0, 0.1) is 5.92 Å². The maximum Gasteiger partial charge on any atom is 0.317 e. The van der Waals surface area contributed by atoms with Crippen LogP contribution >= 0.6 is 11.6 Å². The van der Waals surface area contributed by atoms with Crippen LogP contribution in [0.3, 0.4) is 0 Å². The molecule has 2 rings (SSSR count). The van der Waals surface area contributed by atoms with Crippen LogP contribution in [0.15, 0.2) is 24.3 Å². The Bertz CT molecular complexity index is 706. The molecule has 1 fully saturated rings. The van der Waals surface area contributed by atoms with E-state index >= 15 is 0 Å². The van der Waals surface area contributed by atoms with E-state index in [1.807, 2.05) is 12.1 Å². The van der Waals surface area contributed by atoms with Crippen molar-refractivity contribution in [2.75, 3.05) is 46.1 Å². The molecule has 1 aliphatic rings. The van der Waals surface area contributed by atoms with E-state index in [1.165, 1.54) is 10.6 Å². The molecule has 2 amide bonds. The summed E-state index contributed by atoms with van der Waals surface area (Å²) in [5.74, 6) is 0.969. The quantitative estimate of drug-likeness (QED) is 0.755. The van der Waals surface area contributed by atoms with Gasteiger partial charge in [-0.3, -0.25) is 0 Å². The average molecular weight is 404 g/mol. The molecule has 0 unspecified atom stereocenters. The number of hydrogen-bond acceptors (Lipinski definition) is 4. The molecule has 1 heterocycles. The number of urea groups is 1. The van der Waals surface area contributed by atoms with Gasteiger partial charge in [-0.2, -0.15) is 0 Å². The molecule has 0 radical (unpaired) electrons. The number of likely N-dealkylation sites (N-methyl/N-ethyl adjacent to an activating group) is 1. The lowest BCUT2D eigenvalue weighted by Gasteiger charge is -2.30. The second-order valence-electron chi connectivity index (χ2n) is 6.52. The first-order valence-corrected chi connectivity index (χ1v) is 10.8.